The summed E-state index contributed by atoms with van der Waals surface area (Å²) in [6, 6.07) is 7.43. The molecule has 2 atom stereocenters. The molecule has 2 unspecified atom stereocenters. The van der Waals surface area contributed by atoms with Crippen LogP contribution in [0.5, 0.6) is 0 Å². The fourth-order valence-corrected chi connectivity index (χ4v) is 1.91. The van der Waals surface area contributed by atoms with Gasteiger partial charge in [0.25, 0.3) is 0 Å². The average Bonchev–Trinajstić information content (AvgIpc) is 2.37. The number of ether oxygens (including phenoxy) is 1. The van der Waals surface area contributed by atoms with E-state index in [2.05, 4.69) is 20.8 Å². The number of esters is 1. The van der Waals surface area contributed by atoms with Crippen LogP contribution in [-0.4, -0.2) is 28.9 Å². The first kappa shape index (κ1) is 16.7. The lowest BCUT2D eigenvalue weighted by Gasteiger charge is -2.22. The summed E-state index contributed by atoms with van der Waals surface area (Å²) >= 11 is 0. The highest BCUT2D eigenvalue weighted by Gasteiger charge is 2.23. The molecule has 0 aliphatic heterocycles. The predicted octanol–water partition coefficient (Wildman–Crippen LogP) is 2.33. The minimum Gasteiger partial charge on any atom is -0.466 e. The summed E-state index contributed by atoms with van der Waals surface area (Å²) in [5, 5.41) is 20.0. The Bertz CT molecular complexity index is 448. The van der Waals surface area contributed by atoms with Crippen molar-refractivity contribution >= 4 is 5.97 Å². The summed E-state index contributed by atoms with van der Waals surface area (Å²) in [6.07, 6.45) is -2.47. The lowest BCUT2D eigenvalue weighted by atomic mass is 9.85. The molecule has 0 saturated carbocycles. The first-order valence-electron chi connectivity index (χ1n) is 6.88. The molecule has 0 bridgehead atoms. The van der Waals surface area contributed by atoms with Crippen molar-refractivity contribution in [1.82, 2.24) is 0 Å². The molecule has 0 amide bonds. The van der Waals surface area contributed by atoms with Crippen LogP contribution in [0, 0.1) is 0 Å². The van der Waals surface area contributed by atoms with Gasteiger partial charge in [0.1, 0.15) is 6.10 Å². The topological polar surface area (TPSA) is 66.8 Å². The molecule has 0 aromatic heterocycles. The second kappa shape index (κ2) is 6.86. The summed E-state index contributed by atoms with van der Waals surface area (Å²) in [5.74, 6) is -0.508. The van der Waals surface area contributed by atoms with Gasteiger partial charge in [-0.15, -0.1) is 0 Å². The Kier molecular flexibility index (Phi) is 5.72. The Labute approximate surface area is 120 Å². The minimum absolute atomic E-state index is 0.0399. The summed E-state index contributed by atoms with van der Waals surface area (Å²) < 4.78 is 4.77. The summed E-state index contributed by atoms with van der Waals surface area (Å²) in [5.41, 5.74) is 1.63. The van der Waals surface area contributed by atoms with Gasteiger partial charge in [-0.1, -0.05) is 45.0 Å². The Morgan fingerprint density at radius 2 is 1.95 bits per heavy atom. The van der Waals surface area contributed by atoms with Crippen LogP contribution in [0.3, 0.4) is 0 Å². The third-order valence-electron chi connectivity index (χ3n) is 3.14. The van der Waals surface area contributed by atoms with Crippen LogP contribution in [0.4, 0.5) is 0 Å². The van der Waals surface area contributed by atoms with E-state index in [1.54, 1.807) is 13.0 Å². The number of rotatable bonds is 5. The Morgan fingerprint density at radius 1 is 1.30 bits per heavy atom. The first-order valence-corrected chi connectivity index (χ1v) is 6.88. The van der Waals surface area contributed by atoms with Crippen molar-refractivity contribution in [2.75, 3.05) is 6.61 Å². The van der Waals surface area contributed by atoms with Gasteiger partial charge < -0.3 is 14.9 Å². The maximum Gasteiger partial charge on any atom is 0.308 e. The van der Waals surface area contributed by atoms with Crippen molar-refractivity contribution in [2.24, 2.45) is 0 Å². The van der Waals surface area contributed by atoms with E-state index in [-0.39, 0.29) is 18.4 Å². The number of hydrogen-bond donors (Lipinski definition) is 2. The number of carbonyl (C=O) groups is 1. The third-order valence-corrected chi connectivity index (χ3v) is 3.14. The van der Waals surface area contributed by atoms with Gasteiger partial charge in [-0.25, -0.2) is 0 Å². The number of benzene rings is 1. The zero-order chi connectivity index (χ0) is 15.3. The van der Waals surface area contributed by atoms with Gasteiger partial charge in [-0.2, -0.15) is 0 Å². The van der Waals surface area contributed by atoms with Crippen LogP contribution in [0.1, 0.15) is 51.3 Å². The summed E-state index contributed by atoms with van der Waals surface area (Å²) in [6.45, 7) is 8.20. The zero-order valence-electron chi connectivity index (χ0n) is 12.6. The quantitative estimate of drug-likeness (QED) is 0.812. The highest BCUT2D eigenvalue weighted by atomic mass is 16.5. The van der Waals surface area contributed by atoms with Crippen molar-refractivity contribution in [1.29, 1.82) is 0 Å². The van der Waals surface area contributed by atoms with Crippen molar-refractivity contribution in [3.05, 3.63) is 35.4 Å². The van der Waals surface area contributed by atoms with Gasteiger partial charge in [-0.3, -0.25) is 4.79 Å². The molecule has 2 N–H and O–H groups in total. The fraction of sp³-hybridized carbons (Fsp3) is 0.562. The highest BCUT2D eigenvalue weighted by molar-refractivity contribution is 5.70. The smallest absolute Gasteiger partial charge is 0.308 e. The van der Waals surface area contributed by atoms with E-state index in [4.69, 9.17) is 4.74 Å². The van der Waals surface area contributed by atoms with E-state index in [0.29, 0.717) is 5.56 Å². The molecular weight excluding hydrogens is 256 g/mol. The van der Waals surface area contributed by atoms with Crippen molar-refractivity contribution in [2.45, 2.75) is 51.7 Å². The monoisotopic (exact) mass is 280 g/mol. The summed E-state index contributed by atoms with van der Waals surface area (Å²) in [7, 11) is 0. The van der Waals surface area contributed by atoms with Crippen LogP contribution in [0.15, 0.2) is 24.3 Å². The second-order valence-corrected chi connectivity index (χ2v) is 5.90. The number of aliphatic hydroxyl groups excluding tert-OH is 2. The van der Waals surface area contributed by atoms with Gasteiger partial charge in [0.15, 0.2) is 0 Å². The Balaban J connectivity index is 2.81. The standard InChI is InChI=1S/C16H24O4/c1-5-20-14(18)10-13(17)15(19)11-7-6-8-12(9-11)16(2,3)4/h6-9,13,15,17,19H,5,10H2,1-4H3. The van der Waals surface area contributed by atoms with Crippen LogP contribution in [0.2, 0.25) is 0 Å². The van der Waals surface area contributed by atoms with Crippen LogP contribution in [0.25, 0.3) is 0 Å². The molecule has 4 nitrogen and oxygen atoms in total. The van der Waals surface area contributed by atoms with E-state index in [9.17, 15) is 15.0 Å². The van der Waals surface area contributed by atoms with Crippen LogP contribution < -0.4 is 0 Å². The van der Waals surface area contributed by atoms with E-state index in [1.165, 1.54) is 0 Å². The third kappa shape index (κ3) is 4.62. The molecule has 112 valence electrons. The molecule has 0 radical (unpaired) electrons. The van der Waals surface area contributed by atoms with E-state index >= 15 is 0 Å². The molecule has 0 aliphatic carbocycles. The zero-order valence-corrected chi connectivity index (χ0v) is 12.6. The van der Waals surface area contributed by atoms with Crippen LogP contribution in [-0.2, 0) is 14.9 Å². The summed E-state index contributed by atoms with van der Waals surface area (Å²) in [4.78, 5) is 11.3. The maximum atomic E-state index is 11.3. The molecule has 0 saturated heterocycles. The highest BCUT2D eigenvalue weighted by Crippen LogP contribution is 2.26. The number of aliphatic hydroxyl groups is 2. The van der Waals surface area contributed by atoms with Crippen molar-refractivity contribution in [3.63, 3.8) is 0 Å². The molecular formula is C16H24O4. The average molecular weight is 280 g/mol. The van der Waals surface area contributed by atoms with E-state index in [0.717, 1.165) is 5.56 Å². The SMILES string of the molecule is CCOC(=O)CC(O)C(O)c1cccc(C(C)(C)C)c1. The van der Waals surface area contributed by atoms with Crippen molar-refractivity contribution < 1.29 is 19.7 Å². The van der Waals surface area contributed by atoms with Crippen LogP contribution >= 0.6 is 0 Å². The molecule has 1 aromatic rings. The first-order chi connectivity index (χ1) is 9.25. The van der Waals surface area contributed by atoms with Crippen molar-refractivity contribution in [3.8, 4) is 0 Å². The molecule has 4 heteroatoms. The molecule has 20 heavy (non-hydrogen) atoms. The van der Waals surface area contributed by atoms with Gasteiger partial charge in [0.2, 0.25) is 0 Å². The molecule has 0 aliphatic rings. The van der Waals surface area contributed by atoms with Gasteiger partial charge >= 0.3 is 5.97 Å². The fourth-order valence-electron chi connectivity index (χ4n) is 1.91. The number of carbonyl (C=O) groups excluding carboxylic acids is 1. The Hall–Kier alpha value is -1.39. The number of hydrogen-bond acceptors (Lipinski definition) is 4. The Morgan fingerprint density at radius 3 is 2.50 bits per heavy atom. The normalized spacial score (nSPS) is 14.7. The van der Waals surface area contributed by atoms with E-state index in [1.807, 2.05) is 18.2 Å². The molecule has 1 aromatic carbocycles. The molecule has 1 rings (SSSR count). The van der Waals surface area contributed by atoms with Gasteiger partial charge in [-0.05, 0) is 23.5 Å². The van der Waals surface area contributed by atoms with Gasteiger partial charge in [0.05, 0.1) is 19.1 Å². The van der Waals surface area contributed by atoms with Gasteiger partial charge in [0, 0.05) is 0 Å². The van der Waals surface area contributed by atoms with E-state index < -0.39 is 18.2 Å². The maximum absolute atomic E-state index is 11.3. The predicted molar refractivity (Wildman–Crippen MR) is 77.4 cm³/mol. The second-order valence-electron chi connectivity index (χ2n) is 5.90. The minimum atomic E-state index is -1.16. The lowest BCUT2D eigenvalue weighted by Crippen LogP contribution is -2.23. The molecule has 0 heterocycles. The molecule has 0 fully saturated rings. The molecule has 0 spiro atoms. The largest absolute Gasteiger partial charge is 0.466 e. The lowest BCUT2D eigenvalue weighted by molar-refractivity contribution is -0.147.